The maximum atomic E-state index is 12.6. The van der Waals surface area contributed by atoms with Gasteiger partial charge >= 0.3 is 11.9 Å². The Kier molecular flexibility index (Phi) is 8.69. The molecule has 5 aromatic rings. The molecule has 0 radical (unpaired) electrons. The van der Waals surface area contributed by atoms with Gasteiger partial charge < -0.3 is 19.3 Å². The zero-order valence-corrected chi connectivity index (χ0v) is 26.5. The first-order valence-electron chi connectivity index (χ1n) is 11.5. The van der Waals surface area contributed by atoms with Crippen LogP contribution < -0.4 is 14.2 Å². The van der Waals surface area contributed by atoms with E-state index in [2.05, 4.69) is 73.7 Å². The molecule has 0 saturated carbocycles. The molecule has 3 aromatic carbocycles. The van der Waals surface area contributed by atoms with Gasteiger partial charge in [-0.15, -0.1) is 0 Å². The van der Waals surface area contributed by atoms with Crippen molar-refractivity contribution in [3.05, 3.63) is 96.5 Å². The van der Waals surface area contributed by atoms with Crippen molar-refractivity contribution < 1.29 is 28.9 Å². The van der Waals surface area contributed by atoms with Crippen LogP contribution in [-0.4, -0.2) is 33.6 Å². The van der Waals surface area contributed by atoms with Gasteiger partial charge in [0.2, 0.25) is 6.10 Å². The SMILES string of the molecule is O=C(COc1ccc(OC(C(=O)O)c2c(Br)cc(Br)c3cccnc23)cc1)Oc1c(Br)cc(Br)c2cccnc12. The third-order valence-corrected chi connectivity index (χ3v) is 8.28. The minimum Gasteiger partial charge on any atom is -0.482 e. The number of aromatic nitrogens is 2. The number of hydrogen-bond donors (Lipinski definition) is 1. The van der Waals surface area contributed by atoms with E-state index in [4.69, 9.17) is 14.2 Å². The van der Waals surface area contributed by atoms with Crippen LogP contribution >= 0.6 is 63.7 Å². The molecule has 1 atom stereocenters. The topological polar surface area (TPSA) is 108 Å². The molecule has 1 N–H and O–H groups in total. The van der Waals surface area contributed by atoms with Gasteiger partial charge in [0.15, 0.2) is 12.4 Å². The summed E-state index contributed by atoms with van der Waals surface area (Å²) in [5, 5.41) is 11.5. The molecule has 40 heavy (non-hydrogen) atoms. The largest absolute Gasteiger partial charge is 0.482 e. The summed E-state index contributed by atoms with van der Waals surface area (Å²) in [4.78, 5) is 33.5. The van der Waals surface area contributed by atoms with Crippen molar-refractivity contribution in [2.45, 2.75) is 6.10 Å². The van der Waals surface area contributed by atoms with Gasteiger partial charge in [-0.05, 0) is 64.5 Å². The normalized spacial score (nSPS) is 11.8. The second kappa shape index (κ2) is 12.2. The maximum Gasteiger partial charge on any atom is 0.349 e. The number of nitrogens with zero attached hydrogens (tertiary/aromatic N) is 2. The number of fused-ring (bicyclic) bond motifs is 2. The van der Waals surface area contributed by atoms with Crippen LogP contribution in [0.15, 0.2) is 90.9 Å². The number of rotatable bonds is 8. The third-order valence-electron chi connectivity index (χ3n) is 5.72. The van der Waals surface area contributed by atoms with Crippen molar-refractivity contribution in [2.75, 3.05) is 6.61 Å². The summed E-state index contributed by atoms with van der Waals surface area (Å²) in [6.45, 7) is -0.363. The van der Waals surface area contributed by atoms with Crippen molar-refractivity contribution in [3.8, 4) is 17.2 Å². The van der Waals surface area contributed by atoms with E-state index in [-0.39, 0.29) is 18.1 Å². The fourth-order valence-corrected chi connectivity index (χ4v) is 6.79. The number of esters is 1. The Hall–Kier alpha value is -3.06. The van der Waals surface area contributed by atoms with Crippen LogP contribution in [0.2, 0.25) is 0 Å². The van der Waals surface area contributed by atoms with Gasteiger partial charge in [0, 0.05) is 42.1 Å². The summed E-state index contributed by atoms with van der Waals surface area (Å²) in [6, 6.07) is 17.1. The van der Waals surface area contributed by atoms with E-state index in [1.165, 1.54) is 0 Å². The van der Waals surface area contributed by atoms with E-state index in [0.717, 1.165) is 19.7 Å². The minimum atomic E-state index is -1.34. The summed E-state index contributed by atoms with van der Waals surface area (Å²) < 4.78 is 19.7. The van der Waals surface area contributed by atoms with Crippen LogP contribution in [0.25, 0.3) is 21.8 Å². The van der Waals surface area contributed by atoms with Crippen LogP contribution in [0, 0.1) is 0 Å². The maximum absolute atomic E-state index is 12.6. The number of hydrogen-bond acceptors (Lipinski definition) is 7. The average molecular weight is 796 g/mol. The number of benzene rings is 3. The lowest BCUT2D eigenvalue weighted by atomic mass is 10.0. The Bertz CT molecular complexity index is 1760. The highest BCUT2D eigenvalue weighted by Crippen LogP contribution is 2.39. The molecular weight excluding hydrogens is 780 g/mol. The Balaban J connectivity index is 1.29. The van der Waals surface area contributed by atoms with Gasteiger partial charge in [-0.1, -0.05) is 59.9 Å². The van der Waals surface area contributed by atoms with Crippen LogP contribution in [0.1, 0.15) is 11.7 Å². The van der Waals surface area contributed by atoms with Gasteiger partial charge in [-0.2, -0.15) is 0 Å². The van der Waals surface area contributed by atoms with E-state index in [1.807, 2.05) is 12.1 Å². The fraction of sp³-hybridized carbons (Fsp3) is 0.0714. The van der Waals surface area contributed by atoms with Gasteiger partial charge in [0.05, 0.1) is 9.99 Å². The zero-order chi connectivity index (χ0) is 28.4. The van der Waals surface area contributed by atoms with Crippen molar-refractivity contribution in [1.82, 2.24) is 9.97 Å². The standard InChI is InChI=1S/C28H16Br4N2O6/c29-18-11-20(31)23(24-16(18)3-1-9-33-24)27(28(36)37)39-15-7-5-14(6-8-15)38-13-22(35)40-26-21(32)12-19(30)17-4-2-10-34-25(17)26/h1-12,27H,13H2,(H,36,37). The Morgan fingerprint density at radius 1 is 0.775 bits per heavy atom. The van der Waals surface area contributed by atoms with E-state index < -0.39 is 18.0 Å². The summed E-state index contributed by atoms with van der Waals surface area (Å²) in [5.41, 5.74) is 1.40. The van der Waals surface area contributed by atoms with Crippen molar-refractivity contribution in [2.24, 2.45) is 0 Å². The summed E-state index contributed by atoms with van der Waals surface area (Å²) in [6.07, 6.45) is 1.87. The lowest BCUT2D eigenvalue weighted by molar-refractivity contribution is -0.145. The number of ether oxygens (including phenoxy) is 3. The second-order valence-corrected chi connectivity index (χ2v) is 11.7. The minimum absolute atomic E-state index is 0.289. The molecule has 5 rings (SSSR count). The molecule has 8 nitrogen and oxygen atoms in total. The smallest absolute Gasteiger partial charge is 0.349 e. The number of carboxylic acid groups (broad SMARTS) is 1. The predicted molar refractivity (Wildman–Crippen MR) is 163 cm³/mol. The molecule has 2 aromatic heterocycles. The van der Waals surface area contributed by atoms with Crippen LogP contribution in [0.3, 0.4) is 0 Å². The fourth-order valence-electron chi connectivity index (χ4n) is 3.95. The quantitative estimate of drug-likeness (QED) is 0.124. The van der Waals surface area contributed by atoms with Gasteiger partial charge in [0.25, 0.3) is 0 Å². The Labute approximate surface area is 261 Å². The van der Waals surface area contributed by atoms with Crippen LogP contribution in [-0.2, 0) is 9.59 Å². The molecule has 0 spiro atoms. The molecular formula is C28H16Br4N2O6. The predicted octanol–water partition coefficient (Wildman–Crippen LogP) is 8.02. The number of carbonyl (C=O) groups is 2. The molecule has 2 heterocycles. The number of carboxylic acids is 1. The van der Waals surface area contributed by atoms with Gasteiger partial charge in [-0.3, -0.25) is 9.97 Å². The van der Waals surface area contributed by atoms with Crippen molar-refractivity contribution in [3.63, 3.8) is 0 Å². The Morgan fingerprint density at radius 3 is 2.00 bits per heavy atom. The van der Waals surface area contributed by atoms with Gasteiger partial charge in [-0.25, -0.2) is 9.59 Å². The number of aliphatic carboxylic acids is 1. The van der Waals surface area contributed by atoms with E-state index in [0.29, 0.717) is 31.3 Å². The molecule has 0 aliphatic carbocycles. The number of halogens is 4. The Morgan fingerprint density at radius 2 is 1.35 bits per heavy atom. The summed E-state index contributed by atoms with van der Waals surface area (Å²) in [5.74, 6) is -0.861. The van der Waals surface area contributed by atoms with Crippen molar-refractivity contribution in [1.29, 1.82) is 0 Å². The molecule has 0 aliphatic rings. The monoisotopic (exact) mass is 792 g/mol. The molecule has 0 bridgehead atoms. The first kappa shape index (κ1) is 28.5. The molecule has 12 heteroatoms. The van der Waals surface area contributed by atoms with Crippen LogP contribution in [0.5, 0.6) is 17.2 Å². The molecule has 0 aliphatic heterocycles. The summed E-state index contributed by atoms with van der Waals surface area (Å²) >= 11 is 13.8. The van der Waals surface area contributed by atoms with E-state index in [1.54, 1.807) is 60.9 Å². The van der Waals surface area contributed by atoms with Crippen molar-refractivity contribution >= 4 is 97.5 Å². The molecule has 1 unspecified atom stereocenters. The number of carbonyl (C=O) groups excluding carboxylic acids is 1. The molecule has 202 valence electrons. The highest BCUT2D eigenvalue weighted by Gasteiger charge is 2.28. The molecule has 0 amide bonds. The zero-order valence-electron chi connectivity index (χ0n) is 20.1. The molecule has 0 fully saturated rings. The highest BCUT2D eigenvalue weighted by molar-refractivity contribution is 9.11. The lowest BCUT2D eigenvalue weighted by Gasteiger charge is -2.19. The summed E-state index contributed by atoms with van der Waals surface area (Å²) in [7, 11) is 0. The average Bonchev–Trinajstić information content (AvgIpc) is 2.94. The van der Waals surface area contributed by atoms with E-state index >= 15 is 0 Å². The number of pyridine rings is 2. The molecule has 0 saturated heterocycles. The first-order valence-corrected chi connectivity index (χ1v) is 14.7. The van der Waals surface area contributed by atoms with Crippen LogP contribution in [0.4, 0.5) is 0 Å². The van der Waals surface area contributed by atoms with Gasteiger partial charge in [0.1, 0.15) is 17.0 Å². The third kappa shape index (κ3) is 5.99. The van der Waals surface area contributed by atoms with E-state index in [9.17, 15) is 14.7 Å². The second-order valence-electron chi connectivity index (χ2n) is 8.29. The highest BCUT2D eigenvalue weighted by atomic mass is 79.9. The lowest BCUT2D eigenvalue weighted by Crippen LogP contribution is -2.19. The first-order chi connectivity index (χ1) is 19.2.